The monoisotopic (exact) mass is 266 g/mol. The van der Waals surface area contributed by atoms with Gasteiger partial charge in [-0.3, -0.25) is 0 Å². The van der Waals surface area contributed by atoms with Gasteiger partial charge in [-0.25, -0.2) is 4.99 Å². The smallest absolute Gasteiger partial charge is 0.164 e. The van der Waals surface area contributed by atoms with E-state index in [-0.39, 0.29) is 0 Å². The highest BCUT2D eigenvalue weighted by Crippen LogP contribution is 2.32. The SMILES string of the molecule is Clc1ccc(N=C2SCCC3CCCN23)cc1. The van der Waals surface area contributed by atoms with E-state index >= 15 is 0 Å². The minimum atomic E-state index is 0.738. The summed E-state index contributed by atoms with van der Waals surface area (Å²) in [5.74, 6) is 1.20. The van der Waals surface area contributed by atoms with Gasteiger partial charge < -0.3 is 4.90 Å². The van der Waals surface area contributed by atoms with Crippen LogP contribution in [-0.2, 0) is 0 Å². The van der Waals surface area contributed by atoms with Crippen LogP contribution in [-0.4, -0.2) is 28.4 Å². The van der Waals surface area contributed by atoms with Gasteiger partial charge in [0.2, 0.25) is 0 Å². The van der Waals surface area contributed by atoms with E-state index < -0.39 is 0 Å². The fraction of sp³-hybridized carbons (Fsp3) is 0.462. The maximum Gasteiger partial charge on any atom is 0.164 e. The van der Waals surface area contributed by atoms with Crippen LogP contribution in [0.15, 0.2) is 29.3 Å². The molecule has 1 atom stereocenters. The molecule has 4 heteroatoms. The molecule has 2 aliphatic rings. The van der Waals surface area contributed by atoms with Crippen LogP contribution in [0.25, 0.3) is 0 Å². The normalized spacial score (nSPS) is 26.3. The number of aliphatic imine (C=N–C) groups is 1. The number of thioether (sulfide) groups is 1. The van der Waals surface area contributed by atoms with Crippen LogP contribution in [0, 0.1) is 0 Å². The molecule has 2 nitrogen and oxygen atoms in total. The van der Waals surface area contributed by atoms with Gasteiger partial charge in [0, 0.05) is 23.4 Å². The lowest BCUT2D eigenvalue weighted by atomic mass is 10.2. The molecule has 0 N–H and O–H groups in total. The average molecular weight is 267 g/mol. The molecule has 1 unspecified atom stereocenters. The summed E-state index contributed by atoms with van der Waals surface area (Å²) >= 11 is 7.76. The third-order valence-corrected chi connectivity index (χ3v) is 4.63. The van der Waals surface area contributed by atoms with Gasteiger partial charge >= 0.3 is 0 Å². The summed E-state index contributed by atoms with van der Waals surface area (Å²) in [6.45, 7) is 1.17. The van der Waals surface area contributed by atoms with Gasteiger partial charge in [0.05, 0.1) is 5.69 Å². The predicted octanol–water partition coefficient (Wildman–Crippen LogP) is 3.93. The molecule has 0 saturated carbocycles. The molecule has 2 aliphatic heterocycles. The van der Waals surface area contributed by atoms with Crippen molar-refractivity contribution in [2.24, 2.45) is 4.99 Å². The minimum absolute atomic E-state index is 0.738. The van der Waals surface area contributed by atoms with Gasteiger partial charge in [0.1, 0.15) is 0 Å². The lowest BCUT2D eigenvalue weighted by Gasteiger charge is -2.31. The highest BCUT2D eigenvalue weighted by molar-refractivity contribution is 8.13. The van der Waals surface area contributed by atoms with Crippen molar-refractivity contribution in [1.29, 1.82) is 0 Å². The summed E-state index contributed by atoms with van der Waals surface area (Å²) < 4.78 is 0. The van der Waals surface area contributed by atoms with E-state index in [9.17, 15) is 0 Å². The molecule has 2 heterocycles. The summed E-state index contributed by atoms with van der Waals surface area (Å²) in [5.41, 5.74) is 1.00. The molecule has 0 bridgehead atoms. The van der Waals surface area contributed by atoms with Crippen molar-refractivity contribution in [2.45, 2.75) is 25.3 Å². The first-order chi connectivity index (χ1) is 8.33. The number of hydrogen-bond acceptors (Lipinski definition) is 2. The number of amidine groups is 1. The standard InChI is InChI=1S/C13H15ClN2S/c14-10-3-5-11(6-4-10)15-13-16-8-1-2-12(16)7-9-17-13/h3-6,12H,1-2,7-9H2. The van der Waals surface area contributed by atoms with Gasteiger partial charge in [0.15, 0.2) is 5.17 Å². The molecule has 90 valence electrons. The van der Waals surface area contributed by atoms with Crippen LogP contribution >= 0.6 is 23.4 Å². The van der Waals surface area contributed by atoms with Gasteiger partial charge in [-0.05, 0) is 43.5 Å². The zero-order valence-electron chi connectivity index (χ0n) is 9.60. The summed E-state index contributed by atoms with van der Waals surface area (Å²) in [6.07, 6.45) is 3.95. The summed E-state index contributed by atoms with van der Waals surface area (Å²) in [6, 6.07) is 8.50. The van der Waals surface area contributed by atoms with E-state index in [4.69, 9.17) is 16.6 Å². The molecule has 2 fully saturated rings. The highest BCUT2D eigenvalue weighted by Gasteiger charge is 2.30. The molecule has 3 rings (SSSR count). The Balaban J connectivity index is 1.84. The number of hydrogen-bond donors (Lipinski definition) is 0. The van der Waals surface area contributed by atoms with Crippen molar-refractivity contribution < 1.29 is 0 Å². The van der Waals surface area contributed by atoms with Crippen LogP contribution in [0.3, 0.4) is 0 Å². The van der Waals surface area contributed by atoms with Gasteiger partial charge in [-0.2, -0.15) is 0 Å². The molecule has 17 heavy (non-hydrogen) atoms. The van der Waals surface area contributed by atoms with Crippen molar-refractivity contribution in [1.82, 2.24) is 4.90 Å². The van der Waals surface area contributed by atoms with Crippen molar-refractivity contribution in [2.75, 3.05) is 12.3 Å². The van der Waals surface area contributed by atoms with Crippen LogP contribution in [0.4, 0.5) is 5.69 Å². The predicted molar refractivity (Wildman–Crippen MR) is 75.4 cm³/mol. The van der Waals surface area contributed by atoms with Crippen molar-refractivity contribution in [3.63, 3.8) is 0 Å². The molecular formula is C13H15ClN2S. The van der Waals surface area contributed by atoms with Crippen LogP contribution in [0.5, 0.6) is 0 Å². The van der Waals surface area contributed by atoms with E-state index in [1.807, 2.05) is 36.0 Å². The van der Waals surface area contributed by atoms with Crippen LogP contribution < -0.4 is 0 Å². The summed E-state index contributed by atoms with van der Waals surface area (Å²) in [4.78, 5) is 7.22. The molecular weight excluding hydrogens is 252 g/mol. The van der Waals surface area contributed by atoms with Crippen molar-refractivity contribution in [3.8, 4) is 0 Å². The van der Waals surface area contributed by atoms with Gasteiger partial charge in [-0.1, -0.05) is 23.4 Å². The molecule has 0 amide bonds. The topological polar surface area (TPSA) is 15.6 Å². The number of rotatable bonds is 1. The number of halogens is 1. The van der Waals surface area contributed by atoms with Crippen LogP contribution in [0.1, 0.15) is 19.3 Å². The maximum absolute atomic E-state index is 5.88. The maximum atomic E-state index is 5.88. The van der Waals surface area contributed by atoms with E-state index in [0.29, 0.717) is 0 Å². The lowest BCUT2D eigenvalue weighted by Crippen LogP contribution is -2.37. The molecule has 0 radical (unpaired) electrons. The first-order valence-electron chi connectivity index (χ1n) is 6.06. The Morgan fingerprint density at radius 1 is 1.24 bits per heavy atom. The molecule has 1 aromatic carbocycles. The number of fused-ring (bicyclic) bond motifs is 1. The third-order valence-electron chi connectivity index (χ3n) is 3.36. The second-order valence-electron chi connectivity index (χ2n) is 4.50. The first-order valence-corrected chi connectivity index (χ1v) is 7.43. The molecule has 1 aromatic rings. The van der Waals surface area contributed by atoms with E-state index in [1.54, 1.807) is 0 Å². The molecule has 0 aliphatic carbocycles. The van der Waals surface area contributed by atoms with Gasteiger partial charge in [-0.15, -0.1) is 0 Å². The van der Waals surface area contributed by atoms with Crippen molar-refractivity contribution >= 4 is 34.2 Å². The summed E-state index contributed by atoms with van der Waals surface area (Å²) in [5, 5.41) is 1.96. The molecule has 0 aromatic heterocycles. The number of nitrogens with zero attached hydrogens (tertiary/aromatic N) is 2. The quantitative estimate of drug-likeness (QED) is 0.765. The zero-order chi connectivity index (χ0) is 11.7. The van der Waals surface area contributed by atoms with E-state index in [1.165, 1.54) is 36.7 Å². The Labute approximate surface area is 111 Å². The Bertz CT molecular complexity index is 430. The Morgan fingerprint density at radius 2 is 2.06 bits per heavy atom. The lowest BCUT2D eigenvalue weighted by molar-refractivity contribution is 0.382. The molecule has 2 saturated heterocycles. The fourth-order valence-corrected chi connectivity index (χ4v) is 3.75. The third kappa shape index (κ3) is 2.45. The first kappa shape index (κ1) is 11.4. The average Bonchev–Trinajstić information content (AvgIpc) is 2.81. The Morgan fingerprint density at radius 3 is 2.88 bits per heavy atom. The minimum Gasteiger partial charge on any atom is -0.348 e. The number of benzene rings is 1. The largest absolute Gasteiger partial charge is 0.348 e. The Kier molecular flexibility index (Phi) is 3.30. The zero-order valence-corrected chi connectivity index (χ0v) is 11.2. The fourth-order valence-electron chi connectivity index (χ4n) is 2.48. The van der Waals surface area contributed by atoms with Crippen LogP contribution in [0.2, 0.25) is 5.02 Å². The highest BCUT2D eigenvalue weighted by atomic mass is 35.5. The van der Waals surface area contributed by atoms with E-state index in [2.05, 4.69) is 4.90 Å². The van der Waals surface area contributed by atoms with Gasteiger partial charge in [0.25, 0.3) is 0 Å². The second-order valence-corrected chi connectivity index (χ2v) is 6.00. The second kappa shape index (κ2) is 4.91. The van der Waals surface area contributed by atoms with Crippen molar-refractivity contribution in [3.05, 3.63) is 29.3 Å². The van der Waals surface area contributed by atoms with E-state index in [0.717, 1.165) is 16.8 Å². The molecule has 0 spiro atoms. The summed E-state index contributed by atoms with van der Waals surface area (Å²) in [7, 11) is 0. The Hall–Kier alpha value is -0.670.